The van der Waals surface area contributed by atoms with Crippen LogP contribution in [-0.2, 0) is 27.5 Å². The third kappa shape index (κ3) is 8.23. The van der Waals surface area contributed by atoms with E-state index in [2.05, 4.69) is 69.4 Å². The van der Waals surface area contributed by atoms with E-state index < -0.39 is 18.1 Å². The van der Waals surface area contributed by atoms with Gasteiger partial charge in [-0.15, -0.1) is 0 Å². The standard InChI is InChI=1S/C37H39NO5S/c1-25-13-15-26(16-14-25)21-41-28-19-17-27(18-20-28)22-42-35(39)34(24-44-37(2,3)4)38-36(40)43-23-33-31-11-7-5-9-29(31)30-10-6-8-12-32(30)33/h5-20,33-34H,21-24H2,1-4H3,(H,38,40)/t34-/m0/s1. The smallest absolute Gasteiger partial charge is 0.407 e. The molecule has 0 unspecified atom stereocenters. The minimum atomic E-state index is -0.855. The Bertz CT molecular complexity index is 1530. The van der Waals surface area contributed by atoms with Crippen molar-refractivity contribution < 1.29 is 23.8 Å². The number of amides is 1. The first-order valence-corrected chi connectivity index (χ1v) is 15.8. The lowest BCUT2D eigenvalue weighted by molar-refractivity contribution is -0.146. The van der Waals surface area contributed by atoms with Crippen LogP contribution in [0.1, 0.15) is 54.5 Å². The van der Waals surface area contributed by atoms with E-state index in [-0.39, 0.29) is 23.9 Å². The van der Waals surface area contributed by atoms with Crippen LogP contribution in [0.15, 0.2) is 97.1 Å². The first-order chi connectivity index (χ1) is 21.2. The summed E-state index contributed by atoms with van der Waals surface area (Å²) in [5.74, 6) is 0.525. The van der Waals surface area contributed by atoms with E-state index >= 15 is 0 Å². The van der Waals surface area contributed by atoms with Crippen LogP contribution in [-0.4, -0.2) is 35.2 Å². The highest BCUT2D eigenvalue weighted by Gasteiger charge is 2.30. The molecule has 0 spiro atoms. The zero-order valence-corrected chi connectivity index (χ0v) is 26.5. The van der Waals surface area contributed by atoms with Crippen molar-refractivity contribution in [3.05, 3.63) is 125 Å². The van der Waals surface area contributed by atoms with Crippen LogP contribution in [0.4, 0.5) is 4.79 Å². The molecule has 0 radical (unpaired) electrons. The summed E-state index contributed by atoms with van der Waals surface area (Å²) in [6.07, 6.45) is -0.640. The van der Waals surface area contributed by atoms with Gasteiger partial charge in [0.2, 0.25) is 0 Å². The highest BCUT2D eigenvalue weighted by Crippen LogP contribution is 2.44. The molecule has 4 aromatic carbocycles. The van der Waals surface area contributed by atoms with Crippen molar-refractivity contribution in [1.82, 2.24) is 5.32 Å². The summed E-state index contributed by atoms with van der Waals surface area (Å²) in [5, 5.41) is 2.77. The Hall–Kier alpha value is -4.23. The maximum atomic E-state index is 13.2. The number of nitrogens with one attached hydrogen (secondary N) is 1. The monoisotopic (exact) mass is 609 g/mol. The van der Waals surface area contributed by atoms with Gasteiger partial charge in [0.15, 0.2) is 0 Å². The van der Waals surface area contributed by atoms with Crippen LogP contribution in [0.3, 0.4) is 0 Å². The fourth-order valence-corrected chi connectivity index (χ4v) is 5.96. The highest BCUT2D eigenvalue weighted by atomic mass is 32.2. The van der Waals surface area contributed by atoms with Crippen molar-refractivity contribution in [3.8, 4) is 16.9 Å². The van der Waals surface area contributed by atoms with Gasteiger partial charge in [0, 0.05) is 16.4 Å². The lowest BCUT2D eigenvalue weighted by atomic mass is 9.98. The molecule has 1 atom stereocenters. The largest absolute Gasteiger partial charge is 0.489 e. The summed E-state index contributed by atoms with van der Waals surface area (Å²) in [6.45, 7) is 8.98. The summed E-state index contributed by atoms with van der Waals surface area (Å²) in [5.41, 5.74) is 7.71. The molecule has 0 aliphatic heterocycles. The summed E-state index contributed by atoms with van der Waals surface area (Å²) in [6, 6.07) is 31.2. The summed E-state index contributed by atoms with van der Waals surface area (Å²) >= 11 is 1.58. The molecule has 0 saturated heterocycles. The number of benzene rings is 4. The molecule has 0 saturated carbocycles. The Labute approximate surface area is 264 Å². The summed E-state index contributed by atoms with van der Waals surface area (Å²) in [4.78, 5) is 26.2. The SMILES string of the molecule is Cc1ccc(COc2ccc(COC(=O)[C@H](CSC(C)(C)C)NC(=O)OCC3c4ccccc4-c4ccccc43)cc2)cc1. The van der Waals surface area contributed by atoms with Gasteiger partial charge in [-0.2, -0.15) is 11.8 Å². The van der Waals surface area contributed by atoms with Crippen molar-refractivity contribution in [1.29, 1.82) is 0 Å². The molecule has 5 rings (SSSR count). The van der Waals surface area contributed by atoms with Crippen LogP contribution >= 0.6 is 11.8 Å². The Morgan fingerprint density at radius 3 is 1.95 bits per heavy atom. The average molecular weight is 610 g/mol. The fraction of sp³-hybridized carbons (Fsp3) is 0.297. The number of thioether (sulfide) groups is 1. The van der Waals surface area contributed by atoms with Crippen molar-refractivity contribution in [3.63, 3.8) is 0 Å². The zero-order chi connectivity index (χ0) is 31.1. The maximum Gasteiger partial charge on any atom is 0.407 e. The molecule has 0 bridgehead atoms. The first-order valence-electron chi connectivity index (χ1n) is 14.9. The number of hydrogen-bond acceptors (Lipinski definition) is 6. The summed E-state index contributed by atoms with van der Waals surface area (Å²) < 4.78 is 17.1. The van der Waals surface area contributed by atoms with Gasteiger partial charge in [-0.1, -0.05) is 111 Å². The molecule has 7 heteroatoms. The Morgan fingerprint density at radius 1 is 0.773 bits per heavy atom. The number of esters is 1. The molecule has 0 fully saturated rings. The predicted molar refractivity (Wildman–Crippen MR) is 176 cm³/mol. The average Bonchev–Trinajstić information content (AvgIpc) is 3.34. The number of rotatable bonds is 11. The number of fused-ring (bicyclic) bond motifs is 3. The highest BCUT2D eigenvalue weighted by molar-refractivity contribution is 8.00. The number of alkyl carbamates (subject to hydrolysis) is 1. The van der Waals surface area contributed by atoms with E-state index in [0.717, 1.165) is 39.1 Å². The Balaban J connectivity index is 1.15. The van der Waals surface area contributed by atoms with Gasteiger partial charge in [0.25, 0.3) is 0 Å². The third-order valence-electron chi connectivity index (χ3n) is 7.43. The maximum absolute atomic E-state index is 13.2. The minimum Gasteiger partial charge on any atom is -0.489 e. The van der Waals surface area contributed by atoms with E-state index in [1.54, 1.807) is 11.8 Å². The second kappa shape index (κ2) is 14.0. The minimum absolute atomic E-state index is 0.0636. The van der Waals surface area contributed by atoms with E-state index in [1.165, 1.54) is 5.56 Å². The lowest BCUT2D eigenvalue weighted by Crippen LogP contribution is -2.44. The van der Waals surface area contributed by atoms with Crippen molar-refractivity contribution in [2.45, 2.75) is 57.6 Å². The zero-order valence-electron chi connectivity index (χ0n) is 25.7. The van der Waals surface area contributed by atoms with Crippen molar-refractivity contribution in [2.75, 3.05) is 12.4 Å². The number of hydrogen-bond donors (Lipinski definition) is 1. The van der Waals surface area contributed by atoms with Crippen LogP contribution in [0.25, 0.3) is 11.1 Å². The second-order valence-corrected chi connectivity index (χ2v) is 13.8. The molecule has 228 valence electrons. The Kier molecular flexibility index (Phi) is 9.95. The first kappa shape index (κ1) is 31.2. The van der Waals surface area contributed by atoms with E-state index in [9.17, 15) is 9.59 Å². The van der Waals surface area contributed by atoms with Crippen molar-refractivity contribution in [2.24, 2.45) is 0 Å². The molecule has 44 heavy (non-hydrogen) atoms. The topological polar surface area (TPSA) is 73.9 Å². The molecule has 1 N–H and O–H groups in total. The molecular weight excluding hydrogens is 570 g/mol. The van der Waals surface area contributed by atoms with Crippen LogP contribution in [0.5, 0.6) is 5.75 Å². The molecule has 1 amide bonds. The Morgan fingerprint density at radius 2 is 1.34 bits per heavy atom. The van der Waals surface area contributed by atoms with Crippen LogP contribution in [0, 0.1) is 6.92 Å². The molecular formula is C37H39NO5S. The number of carbonyl (C=O) groups excluding carboxylic acids is 2. The van der Waals surface area contributed by atoms with Gasteiger partial charge >= 0.3 is 12.1 Å². The van der Waals surface area contributed by atoms with E-state index in [0.29, 0.717) is 12.4 Å². The van der Waals surface area contributed by atoms with Gasteiger partial charge in [0.05, 0.1) is 0 Å². The van der Waals surface area contributed by atoms with Gasteiger partial charge in [-0.3, -0.25) is 0 Å². The summed E-state index contributed by atoms with van der Waals surface area (Å²) in [7, 11) is 0. The van der Waals surface area contributed by atoms with Gasteiger partial charge in [-0.25, -0.2) is 9.59 Å². The van der Waals surface area contributed by atoms with Crippen molar-refractivity contribution >= 4 is 23.8 Å². The van der Waals surface area contributed by atoms with Gasteiger partial charge < -0.3 is 19.5 Å². The third-order valence-corrected chi connectivity index (χ3v) is 8.80. The molecule has 0 heterocycles. The normalized spacial score (nSPS) is 13.0. The van der Waals surface area contributed by atoms with Crippen LogP contribution < -0.4 is 10.1 Å². The number of carbonyl (C=O) groups is 2. The molecule has 1 aliphatic carbocycles. The molecule has 0 aromatic heterocycles. The van der Waals surface area contributed by atoms with Crippen LogP contribution in [0.2, 0.25) is 0 Å². The molecule has 6 nitrogen and oxygen atoms in total. The van der Waals surface area contributed by atoms with Gasteiger partial charge in [0.1, 0.15) is 31.6 Å². The molecule has 1 aliphatic rings. The number of ether oxygens (including phenoxy) is 3. The predicted octanol–water partition coefficient (Wildman–Crippen LogP) is 8.06. The van der Waals surface area contributed by atoms with E-state index in [1.807, 2.05) is 60.7 Å². The fourth-order valence-electron chi connectivity index (χ4n) is 5.07. The number of aryl methyl sites for hydroxylation is 1. The lowest BCUT2D eigenvalue weighted by Gasteiger charge is -2.23. The quantitative estimate of drug-likeness (QED) is 0.174. The molecule has 4 aromatic rings. The second-order valence-electron chi connectivity index (χ2n) is 12.0. The van der Waals surface area contributed by atoms with Gasteiger partial charge in [-0.05, 0) is 52.4 Å². The van der Waals surface area contributed by atoms with E-state index in [4.69, 9.17) is 14.2 Å².